The smallest absolute Gasteiger partial charge is 0.253 e. The van der Waals surface area contributed by atoms with Crippen molar-refractivity contribution in [3.63, 3.8) is 0 Å². The first kappa shape index (κ1) is 22.1. The fraction of sp³-hybridized carbons (Fsp3) is 0.333. The number of Topliss-reactive ketones (excluding diaryl/α,β-unsaturated/α-hetero) is 1. The van der Waals surface area contributed by atoms with E-state index in [4.69, 9.17) is 0 Å². The Morgan fingerprint density at radius 3 is 2.47 bits per heavy atom. The van der Waals surface area contributed by atoms with Gasteiger partial charge in [0.15, 0.2) is 10.9 Å². The molecule has 3 aromatic rings. The van der Waals surface area contributed by atoms with E-state index >= 15 is 0 Å². The third-order valence-corrected chi connectivity index (χ3v) is 6.51. The van der Waals surface area contributed by atoms with Crippen LogP contribution in [-0.4, -0.2) is 65.6 Å². The van der Waals surface area contributed by atoms with Crippen LogP contribution in [0.1, 0.15) is 40.0 Å². The Bertz CT molecular complexity index is 1120. The van der Waals surface area contributed by atoms with E-state index in [1.165, 1.54) is 11.3 Å². The number of carbonyl (C=O) groups excluding carboxylic acids is 3. The van der Waals surface area contributed by atoms with Crippen molar-refractivity contribution in [3.8, 4) is 0 Å². The second-order valence-electron chi connectivity index (χ2n) is 7.99. The van der Waals surface area contributed by atoms with Gasteiger partial charge in [-0.15, -0.1) is 0 Å². The van der Waals surface area contributed by atoms with Gasteiger partial charge in [0.05, 0.1) is 10.2 Å². The average Bonchev–Trinajstić information content (AvgIpc) is 3.21. The molecule has 166 valence electrons. The van der Waals surface area contributed by atoms with Gasteiger partial charge in [-0.1, -0.05) is 41.7 Å². The second-order valence-corrected chi connectivity index (χ2v) is 9.02. The van der Waals surface area contributed by atoms with E-state index in [1.54, 1.807) is 18.2 Å². The number of anilines is 1. The van der Waals surface area contributed by atoms with Gasteiger partial charge in [-0.3, -0.25) is 14.4 Å². The lowest BCUT2D eigenvalue weighted by molar-refractivity contribution is -0.116. The van der Waals surface area contributed by atoms with Crippen LogP contribution in [0.2, 0.25) is 0 Å². The van der Waals surface area contributed by atoms with Gasteiger partial charge in [-0.25, -0.2) is 4.98 Å². The van der Waals surface area contributed by atoms with E-state index in [-0.39, 0.29) is 24.0 Å². The van der Waals surface area contributed by atoms with Crippen molar-refractivity contribution in [2.75, 3.05) is 38.5 Å². The Hall–Kier alpha value is -3.10. The van der Waals surface area contributed by atoms with Crippen molar-refractivity contribution in [3.05, 3.63) is 59.7 Å². The first-order valence-electron chi connectivity index (χ1n) is 10.8. The normalized spacial score (nSPS) is 14.5. The summed E-state index contributed by atoms with van der Waals surface area (Å²) in [5.41, 5.74) is 2.06. The number of hydrogen-bond acceptors (Lipinski definition) is 6. The molecule has 32 heavy (non-hydrogen) atoms. The van der Waals surface area contributed by atoms with Crippen molar-refractivity contribution < 1.29 is 14.4 Å². The Balaban J connectivity index is 1.32. The quantitative estimate of drug-likeness (QED) is 0.556. The molecule has 0 aliphatic carbocycles. The number of nitrogens with zero attached hydrogens (tertiary/aromatic N) is 3. The minimum atomic E-state index is -0.168. The monoisotopic (exact) mass is 450 g/mol. The number of rotatable bonds is 7. The van der Waals surface area contributed by atoms with E-state index in [2.05, 4.69) is 22.2 Å². The summed E-state index contributed by atoms with van der Waals surface area (Å²) in [7, 11) is 2.06. The van der Waals surface area contributed by atoms with Crippen LogP contribution < -0.4 is 5.32 Å². The predicted octanol–water partition coefficient (Wildman–Crippen LogP) is 3.68. The first-order chi connectivity index (χ1) is 15.5. The molecule has 0 atom stereocenters. The first-order valence-corrected chi connectivity index (χ1v) is 11.6. The highest BCUT2D eigenvalue weighted by molar-refractivity contribution is 7.22. The van der Waals surface area contributed by atoms with E-state index in [0.29, 0.717) is 29.1 Å². The van der Waals surface area contributed by atoms with Crippen molar-refractivity contribution in [2.24, 2.45) is 0 Å². The highest BCUT2D eigenvalue weighted by Gasteiger charge is 2.21. The molecule has 0 spiro atoms. The summed E-state index contributed by atoms with van der Waals surface area (Å²) >= 11 is 1.35. The number of likely N-dealkylation sites (N-methyl/N-ethyl adjacent to an activating group) is 1. The number of benzene rings is 2. The lowest BCUT2D eigenvalue weighted by Gasteiger charge is -2.32. The summed E-state index contributed by atoms with van der Waals surface area (Å²) in [6, 6.07) is 14.6. The highest BCUT2D eigenvalue weighted by atomic mass is 32.1. The molecule has 0 bridgehead atoms. The van der Waals surface area contributed by atoms with Gasteiger partial charge in [0.25, 0.3) is 5.91 Å². The van der Waals surface area contributed by atoms with E-state index < -0.39 is 0 Å². The van der Waals surface area contributed by atoms with Gasteiger partial charge in [0.2, 0.25) is 5.91 Å². The van der Waals surface area contributed by atoms with Crippen LogP contribution in [0.3, 0.4) is 0 Å². The zero-order chi connectivity index (χ0) is 22.5. The van der Waals surface area contributed by atoms with Gasteiger partial charge in [-0.05, 0) is 31.7 Å². The zero-order valence-electron chi connectivity index (χ0n) is 18.0. The van der Waals surface area contributed by atoms with Crippen LogP contribution >= 0.6 is 11.3 Å². The fourth-order valence-corrected chi connectivity index (χ4v) is 4.58. The van der Waals surface area contributed by atoms with E-state index in [9.17, 15) is 14.4 Å². The van der Waals surface area contributed by atoms with Gasteiger partial charge < -0.3 is 15.1 Å². The molecule has 1 aliphatic rings. The number of aromatic nitrogens is 1. The summed E-state index contributed by atoms with van der Waals surface area (Å²) in [4.78, 5) is 45.8. The molecule has 1 saturated heterocycles. The number of ketones is 1. The van der Waals surface area contributed by atoms with Crippen molar-refractivity contribution in [1.82, 2.24) is 14.8 Å². The molecule has 2 aromatic carbocycles. The van der Waals surface area contributed by atoms with Crippen LogP contribution in [0, 0.1) is 0 Å². The van der Waals surface area contributed by atoms with Crippen LogP contribution in [0.4, 0.5) is 5.13 Å². The molecular weight excluding hydrogens is 424 g/mol. The molecule has 0 saturated carbocycles. The minimum Gasteiger partial charge on any atom is -0.336 e. The maximum absolute atomic E-state index is 12.8. The van der Waals surface area contributed by atoms with Crippen LogP contribution in [0.15, 0.2) is 48.5 Å². The lowest BCUT2D eigenvalue weighted by atomic mass is 10.1. The van der Waals surface area contributed by atoms with Crippen molar-refractivity contribution in [2.45, 2.75) is 19.3 Å². The lowest BCUT2D eigenvalue weighted by Crippen LogP contribution is -2.47. The minimum absolute atomic E-state index is 0.0297. The molecule has 1 aromatic heterocycles. The second kappa shape index (κ2) is 10.0. The number of fused-ring (bicyclic) bond motifs is 1. The average molecular weight is 451 g/mol. The third kappa shape index (κ3) is 5.38. The number of piperazine rings is 1. The van der Waals surface area contributed by atoms with Crippen molar-refractivity contribution >= 4 is 44.3 Å². The maximum atomic E-state index is 12.8. The highest BCUT2D eigenvalue weighted by Crippen LogP contribution is 2.27. The third-order valence-electron chi connectivity index (χ3n) is 5.58. The molecule has 0 radical (unpaired) electrons. The van der Waals surface area contributed by atoms with E-state index in [0.717, 1.165) is 36.4 Å². The Morgan fingerprint density at radius 2 is 1.72 bits per heavy atom. The van der Waals surface area contributed by atoms with Gasteiger partial charge in [0.1, 0.15) is 0 Å². The molecule has 1 N–H and O–H groups in total. The number of thiazole rings is 1. The summed E-state index contributed by atoms with van der Waals surface area (Å²) in [5, 5.41) is 3.32. The van der Waals surface area contributed by atoms with Crippen molar-refractivity contribution in [1.29, 1.82) is 0 Å². The van der Waals surface area contributed by atoms with Crippen LogP contribution in [0.5, 0.6) is 0 Å². The summed E-state index contributed by atoms with van der Waals surface area (Å²) in [6.07, 6.45) is 1.06. The summed E-state index contributed by atoms with van der Waals surface area (Å²) in [6.45, 7) is 3.21. The molecule has 4 rings (SSSR count). The predicted molar refractivity (Wildman–Crippen MR) is 126 cm³/mol. The number of amides is 2. The van der Waals surface area contributed by atoms with Gasteiger partial charge in [0, 0.05) is 50.1 Å². The number of nitrogens with one attached hydrogen (secondary N) is 1. The summed E-state index contributed by atoms with van der Waals surface area (Å²) in [5.74, 6) is -0.100. The molecule has 2 amide bonds. The number of carbonyl (C=O) groups is 3. The van der Waals surface area contributed by atoms with E-state index in [1.807, 2.05) is 35.2 Å². The topological polar surface area (TPSA) is 82.6 Å². The van der Waals surface area contributed by atoms with Gasteiger partial charge >= 0.3 is 0 Å². The largest absolute Gasteiger partial charge is 0.336 e. The molecule has 2 heterocycles. The van der Waals surface area contributed by atoms with Crippen LogP contribution in [0.25, 0.3) is 10.2 Å². The standard InChI is InChI=1S/C24H26N4O3S/c1-27-12-14-28(15-13-27)23(31)18-10-11-19-21(16-18)32-24(25-19)26-22(30)9-5-8-20(29)17-6-3-2-4-7-17/h2-4,6-7,10-11,16H,5,8-9,12-15H2,1H3,(H,25,26,30). The SMILES string of the molecule is CN1CCN(C(=O)c2ccc3nc(NC(=O)CCCC(=O)c4ccccc4)sc3c2)CC1. The maximum Gasteiger partial charge on any atom is 0.253 e. The molecule has 1 fully saturated rings. The molecule has 0 unspecified atom stereocenters. The van der Waals surface area contributed by atoms with Gasteiger partial charge in [-0.2, -0.15) is 0 Å². The number of hydrogen-bond donors (Lipinski definition) is 1. The molecule has 1 aliphatic heterocycles. The Kier molecular flexibility index (Phi) is 6.92. The zero-order valence-corrected chi connectivity index (χ0v) is 18.9. The molecule has 8 heteroatoms. The Morgan fingerprint density at radius 1 is 0.969 bits per heavy atom. The Labute approximate surface area is 191 Å². The molecular formula is C24H26N4O3S. The fourth-order valence-electron chi connectivity index (χ4n) is 3.66. The molecule has 7 nitrogen and oxygen atoms in total. The summed E-state index contributed by atoms with van der Waals surface area (Å²) < 4.78 is 0.861. The van der Waals surface area contributed by atoms with Crippen LogP contribution in [-0.2, 0) is 4.79 Å².